The topological polar surface area (TPSA) is 79.3 Å². The Bertz CT molecular complexity index is 1240. The number of imide groups is 1. The molecule has 7 nitrogen and oxygen atoms in total. The number of phenolic OH excluding ortho intramolecular Hbond substituents is 1. The van der Waals surface area contributed by atoms with Crippen LogP contribution in [-0.4, -0.2) is 30.1 Å². The first-order valence-electron chi connectivity index (χ1n) is 10.7. The average Bonchev–Trinajstić information content (AvgIpc) is 3.31. The summed E-state index contributed by atoms with van der Waals surface area (Å²) < 4.78 is 5.29. The first-order chi connectivity index (χ1) is 15.9. The Morgan fingerprint density at radius 2 is 1.70 bits per heavy atom. The lowest BCUT2D eigenvalue weighted by molar-refractivity contribution is -0.126. The van der Waals surface area contributed by atoms with Crippen molar-refractivity contribution in [3.63, 3.8) is 0 Å². The Balaban J connectivity index is 1.61. The summed E-state index contributed by atoms with van der Waals surface area (Å²) in [7, 11) is 1.47. The lowest BCUT2D eigenvalue weighted by Gasteiger charge is -2.29. The van der Waals surface area contributed by atoms with E-state index in [1.807, 2.05) is 56.3 Å². The highest BCUT2D eigenvalue weighted by Crippen LogP contribution is 2.48. The summed E-state index contributed by atoms with van der Waals surface area (Å²) in [5, 5.41) is 11.7. The molecule has 3 aromatic rings. The van der Waals surface area contributed by atoms with Crippen LogP contribution in [0.3, 0.4) is 0 Å². The van der Waals surface area contributed by atoms with E-state index < -0.39 is 18.1 Å². The fourth-order valence-corrected chi connectivity index (χ4v) is 4.72. The first-order valence-corrected chi connectivity index (χ1v) is 10.7. The summed E-state index contributed by atoms with van der Waals surface area (Å²) in [6, 6.07) is 19.3. The summed E-state index contributed by atoms with van der Waals surface area (Å²) in [5.74, 6) is -1.17. The normalized spacial score (nSPS) is 22.1. The lowest BCUT2D eigenvalue weighted by atomic mass is 9.90. The number of aryl methyl sites for hydroxylation is 2. The van der Waals surface area contributed by atoms with Gasteiger partial charge >= 0.3 is 0 Å². The second-order valence-corrected chi connectivity index (χ2v) is 8.39. The second kappa shape index (κ2) is 7.94. The van der Waals surface area contributed by atoms with Crippen molar-refractivity contribution in [3.05, 3.63) is 83.4 Å². The lowest BCUT2D eigenvalue weighted by Crippen LogP contribution is -2.37. The van der Waals surface area contributed by atoms with Crippen LogP contribution < -0.4 is 14.7 Å². The largest absolute Gasteiger partial charge is 0.504 e. The van der Waals surface area contributed by atoms with Crippen LogP contribution in [-0.2, 0) is 14.4 Å². The van der Waals surface area contributed by atoms with Crippen molar-refractivity contribution in [3.8, 4) is 11.5 Å². The number of hydroxylamine groups is 1. The number of para-hydroxylation sites is 1. The van der Waals surface area contributed by atoms with E-state index in [-0.39, 0.29) is 23.3 Å². The minimum absolute atomic E-state index is 0.00583. The van der Waals surface area contributed by atoms with Gasteiger partial charge in [0.05, 0.1) is 24.5 Å². The number of carbonyl (C=O) groups is 2. The van der Waals surface area contributed by atoms with Gasteiger partial charge in [0.25, 0.3) is 5.91 Å². The molecule has 7 heteroatoms. The zero-order valence-corrected chi connectivity index (χ0v) is 18.6. The fourth-order valence-electron chi connectivity index (χ4n) is 4.72. The molecule has 0 aromatic heterocycles. The molecule has 3 atom stereocenters. The van der Waals surface area contributed by atoms with Gasteiger partial charge in [0.15, 0.2) is 17.6 Å². The molecular formula is C26H24N2O5. The molecule has 2 aliphatic rings. The number of hydrogen-bond acceptors (Lipinski definition) is 6. The number of benzene rings is 3. The number of carbonyl (C=O) groups excluding carboxylic acids is 2. The number of nitrogens with zero attached hydrogens (tertiary/aromatic N) is 2. The van der Waals surface area contributed by atoms with Crippen LogP contribution in [0.25, 0.3) is 0 Å². The quantitative estimate of drug-likeness (QED) is 0.611. The molecule has 0 unspecified atom stereocenters. The van der Waals surface area contributed by atoms with Crippen LogP contribution in [0.2, 0.25) is 0 Å². The second-order valence-electron chi connectivity index (χ2n) is 8.39. The Hall–Kier alpha value is -3.84. The molecule has 0 bridgehead atoms. The van der Waals surface area contributed by atoms with Crippen LogP contribution in [0.1, 0.15) is 22.7 Å². The minimum atomic E-state index is -0.955. The van der Waals surface area contributed by atoms with E-state index in [1.54, 1.807) is 23.3 Å². The predicted octanol–water partition coefficient (Wildman–Crippen LogP) is 4.07. The van der Waals surface area contributed by atoms with Crippen LogP contribution >= 0.6 is 0 Å². The molecule has 2 amide bonds. The van der Waals surface area contributed by atoms with Crippen molar-refractivity contribution in [1.29, 1.82) is 0 Å². The number of amides is 2. The van der Waals surface area contributed by atoms with Crippen LogP contribution in [0, 0.1) is 19.8 Å². The zero-order valence-electron chi connectivity index (χ0n) is 18.6. The number of hydrogen-bond donors (Lipinski definition) is 1. The molecule has 5 rings (SSSR count). The Morgan fingerprint density at radius 1 is 0.939 bits per heavy atom. The predicted molar refractivity (Wildman–Crippen MR) is 123 cm³/mol. The SMILES string of the molecule is COc1cc([C@@H]2[C@H]3C(=O)N(c4ccc(C)cc4C)C(=O)[C@@H]3ON2c2ccccc2)ccc1O. The van der Waals surface area contributed by atoms with Gasteiger partial charge in [-0.3, -0.25) is 14.4 Å². The van der Waals surface area contributed by atoms with Gasteiger partial charge in [0, 0.05) is 0 Å². The number of aromatic hydroxyl groups is 1. The van der Waals surface area contributed by atoms with Gasteiger partial charge in [-0.05, 0) is 55.3 Å². The number of phenols is 1. The molecular weight excluding hydrogens is 420 g/mol. The van der Waals surface area contributed by atoms with E-state index in [2.05, 4.69) is 0 Å². The van der Waals surface area contributed by atoms with Crippen molar-refractivity contribution < 1.29 is 24.3 Å². The van der Waals surface area contributed by atoms with Crippen molar-refractivity contribution >= 4 is 23.2 Å². The maximum absolute atomic E-state index is 13.7. The summed E-state index contributed by atoms with van der Waals surface area (Å²) in [4.78, 5) is 34.6. The third kappa shape index (κ3) is 3.32. The molecule has 2 fully saturated rings. The summed E-state index contributed by atoms with van der Waals surface area (Å²) in [6.07, 6.45) is -0.955. The molecule has 0 aliphatic carbocycles. The third-order valence-electron chi connectivity index (χ3n) is 6.26. The summed E-state index contributed by atoms with van der Waals surface area (Å²) in [5.41, 5.74) is 3.89. The number of rotatable bonds is 4. The fraction of sp³-hybridized carbons (Fsp3) is 0.231. The Kier molecular flexibility index (Phi) is 5.06. The highest BCUT2D eigenvalue weighted by Gasteiger charge is 2.60. The highest BCUT2D eigenvalue weighted by molar-refractivity contribution is 6.24. The van der Waals surface area contributed by atoms with Crippen molar-refractivity contribution in [2.75, 3.05) is 17.1 Å². The first kappa shape index (κ1) is 21.0. The number of methoxy groups -OCH3 is 1. The Morgan fingerprint density at radius 3 is 2.39 bits per heavy atom. The van der Waals surface area contributed by atoms with Gasteiger partial charge < -0.3 is 9.84 Å². The zero-order chi connectivity index (χ0) is 23.3. The van der Waals surface area contributed by atoms with Crippen LogP contribution in [0.5, 0.6) is 11.5 Å². The molecule has 2 heterocycles. The molecule has 0 saturated carbocycles. The number of fused-ring (bicyclic) bond motifs is 1. The van der Waals surface area contributed by atoms with E-state index in [9.17, 15) is 14.7 Å². The molecule has 33 heavy (non-hydrogen) atoms. The van der Waals surface area contributed by atoms with Crippen molar-refractivity contribution in [2.24, 2.45) is 5.92 Å². The summed E-state index contributed by atoms with van der Waals surface area (Å²) >= 11 is 0. The van der Waals surface area contributed by atoms with Gasteiger partial charge in [-0.2, -0.15) is 0 Å². The van der Waals surface area contributed by atoms with Crippen molar-refractivity contribution in [1.82, 2.24) is 0 Å². The number of ether oxygens (including phenoxy) is 1. The minimum Gasteiger partial charge on any atom is -0.504 e. The van der Waals surface area contributed by atoms with E-state index in [0.29, 0.717) is 11.3 Å². The maximum Gasteiger partial charge on any atom is 0.266 e. The van der Waals surface area contributed by atoms with E-state index in [0.717, 1.165) is 16.8 Å². The smallest absolute Gasteiger partial charge is 0.266 e. The van der Waals surface area contributed by atoms with Gasteiger partial charge in [0.2, 0.25) is 5.91 Å². The molecule has 0 radical (unpaired) electrons. The van der Waals surface area contributed by atoms with E-state index >= 15 is 0 Å². The van der Waals surface area contributed by atoms with Crippen LogP contribution in [0.15, 0.2) is 66.7 Å². The standard InChI is InChI=1S/C26H24N2O5/c1-15-9-11-19(16(2)13-15)27-25(30)22-23(17-10-12-20(29)21(14-17)32-3)28(33-24(22)26(27)31)18-7-5-4-6-8-18/h4-14,22-24,29H,1-3H3/t22-,23-,24-/m1/s1. The molecule has 3 aromatic carbocycles. The van der Waals surface area contributed by atoms with Gasteiger partial charge in [-0.1, -0.05) is 42.0 Å². The summed E-state index contributed by atoms with van der Waals surface area (Å²) in [6.45, 7) is 3.85. The third-order valence-corrected chi connectivity index (χ3v) is 6.26. The molecule has 2 aliphatic heterocycles. The molecule has 2 saturated heterocycles. The molecule has 0 spiro atoms. The van der Waals surface area contributed by atoms with Crippen molar-refractivity contribution in [2.45, 2.75) is 26.0 Å². The van der Waals surface area contributed by atoms with E-state index in [4.69, 9.17) is 9.57 Å². The Labute approximate surface area is 191 Å². The van der Waals surface area contributed by atoms with E-state index in [1.165, 1.54) is 18.1 Å². The number of anilines is 2. The van der Waals surface area contributed by atoms with Crippen LogP contribution in [0.4, 0.5) is 11.4 Å². The van der Waals surface area contributed by atoms with Gasteiger partial charge in [-0.15, -0.1) is 0 Å². The monoisotopic (exact) mass is 444 g/mol. The van der Waals surface area contributed by atoms with Gasteiger partial charge in [0.1, 0.15) is 5.92 Å². The molecule has 168 valence electrons. The average molecular weight is 444 g/mol. The molecule has 1 N–H and O–H groups in total. The van der Waals surface area contributed by atoms with Gasteiger partial charge in [-0.25, -0.2) is 9.96 Å². The highest BCUT2D eigenvalue weighted by atomic mass is 16.7. The maximum atomic E-state index is 13.7.